The molecule has 0 saturated carbocycles. The molecular weight excluding hydrogens is 148 g/mol. The molecule has 5 nitrogen and oxygen atoms in total. The minimum atomic E-state index is -0.968. The van der Waals surface area contributed by atoms with Crippen molar-refractivity contribution in [1.29, 1.82) is 0 Å². The van der Waals surface area contributed by atoms with Gasteiger partial charge in [-0.15, -0.1) is 0 Å². The number of carboxylic acids is 1. The number of hydrogen-bond acceptors (Lipinski definition) is 4. The van der Waals surface area contributed by atoms with E-state index in [1.165, 1.54) is 0 Å². The van der Waals surface area contributed by atoms with Crippen LogP contribution >= 0.6 is 0 Å². The summed E-state index contributed by atoms with van der Waals surface area (Å²) in [4.78, 5) is 9.24. The summed E-state index contributed by atoms with van der Waals surface area (Å²) < 4.78 is 0. The molecule has 0 spiro atoms. The third-order valence-electron chi connectivity index (χ3n) is 0.674. The summed E-state index contributed by atoms with van der Waals surface area (Å²) >= 11 is 0. The van der Waals surface area contributed by atoms with Gasteiger partial charge in [-0.3, -0.25) is 10.1 Å². The number of rotatable bonds is 3. The molecule has 0 fully saturated rings. The lowest BCUT2D eigenvalue weighted by molar-refractivity contribution is -0.135. The van der Waals surface area contributed by atoms with Gasteiger partial charge in [0.2, 0.25) is 0 Å². The number of carbonyl (C=O) groups is 1. The number of aliphatic hydroxyl groups excluding tert-OH is 1. The molecule has 0 radical (unpaired) electrons. The number of nitrogens with two attached hydrogens (primary N) is 1. The van der Waals surface area contributed by atoms with Crippen LogP contribution in [0.25, 0.3) is 0 Å². The van der Waals surface area contributed by atoms with Gasteiger partial charge < -0.3 is 15.9 Å². The Balaban J connectivity index is 0. The lowest BCUT2D eigenvalue weighted by Gasteiger charge is -2.00. The van der Waals surface area contributed by atoms with Gasteiger partial charge in [0, 0.05) is 0 Å². The molecule has 0 bridgehead atoms. The lowest BCUT2D eigenvalue weighted by atomic mass is 10.6. The molecule has 68 valence electrons. The summed E-state index contributed by atoms with van der Waals surface area (Å²) in [6.07, 6.45) is -0.352. The van der Waals surface area contributed by atoms with Crippen molar-refractivity contribution in [3.8, 4) is 0 Å². The fourth-order valence-electron chi connectivity index (χ4n) is 0.295. The lowest BCUT2D eigenvalue weighted by Crippen LogP contribution is -2.24. The van der Waals surface area contributed by atoms with Gasteiger partial charge in [0.15, 0.2) is 0 Å². The monoisotopic (exact) mass is 164 g/mol. The molecular formula is C6H16N2O3. The van der Waals surface area contributed by atoms with Crippen LogP contribution in [-0.2, 0) is 4.79 Å². The van der Waals surface area contributed by atoms with Crippen molar-refractivity contribution in [2.45, 2.75) is 20.1 Å². The van der Waals surface area contributed by atoms with Crippen molar-refractivity contribution >= 4 is 5.97 Å². The Morgan fingerprint density at radius 3 is 2.09 bits per heavy atom. The summed E-state index contributed by atoms with van der Waals surface area (Å²) in [7, 11) is 0. The maximum absolute atomic E-state index is 9.24. The smallest absolute Gasteiger partial charge is 0.317 e. The molecule has 0 aromatic heterocycles. The van der Waals surface area contributed by atoms with E-state index in [4.69, 9.17) is 10.2 Å². The van der Waals surface area contributed by atoms with Crippen molar-refractivity contribution in [1.82, 2.24) is 5.32 Å². The Labute approximate surface area is 66.2 Å². The number of nitrogens with one attached hydrogen (secondary N) is 1. The second kappa shape index (κ2) is 9.35. The Kier molecular flexibility index (Phi) is 11.0. The summed E-state index contributed by atoms with van der Waals surface area (Å²) in [6.45, 7) is 4.20. The van der Waals surface area contributed by atoms with E-state index < -0.39 is 5.97 Å². The van der Waals surface area contributed by atoms with Crippen molar-refractivity contribution in [3.63, 3.8) is 0 Å². The zero-order valence-corrected chi connectivity index (χ0v) is 6.87. The van der Waals surface area contributed by atoms with Crippen LogP contribution < -0.4 is 11.1 Å². The molecule has 0 aromatic carbocycles. The first-order chi connectivity index (χ1) is 5.04. The minimum Gasteiger partial charge on any atom is -0.480 e. The van der Waals surface area contributed by atoms with E-state index in [1.54, 1.807) is 6.92 Å². The largest absolute Gasteiger partial charge is 0.480 e. The molecule has 0 saturated heterocycles. The SMILES string of the molecule is CCNC(C)O.NCC(=O)O. The van der Waals surface area contributed by atoms with Crippen LogP contribution in [0.4, 0.5) is 0 Å². The maximum atomic E-state index is 9.24. The molecule has 1 unspecified atom stereocenters. The van der Waals surface area contributed by atoms with E-state index in [0.29, 0.717) is 0 Å². The van der Waals surface area contributed by atoms with Crippen LogP contribution in [-0.4, -0.2) is 35.5 Å². The Hall–Kier alpha value is -0.650. The highest BCUT2D eigenvalue weighted by atomic mass is 16.4. The maximum Gasteiger partial charge on any atom is 0.317 e. The van der Waals surface area contributed by atoms with Gasteiger partial charge in [-0.25, -0.2) is 0 Å². The van der Waals surface area contributed by atoms with Crippen LogP contribution in [0.5, 0.6) is 0 Å². The molecule has 5 heteroatoms. The topological polar surface area (TPSA) is 95.6 Å². The first-order valence-corrected chi connectivity index (χ1v) is 3.37. The molecule has 1 atom stereocenters. The summed E-state index contributed by atoms with van der Waals surface area (Å²) in [5.41, 5.74) is 4.57. The van der Waals surface area contributed by atoms with E-state index in [9.17, 15) is 4.79 Å². The summed E-state index contributed by atoms with van der Waals surface area (Å²) in [6, 6.07) is 0. The number of aliphatic carboxylic acids is 1. The fraction of sp³-hybridized carbons (Fsp3) is 0.833. The first-order valence-electron chi connectivity index (χ1n) is 3.37. The van der Waals surface area contributed by atoms with Gasteiger partial charge in [0.05, 0.1) is 6.54 Å². The van der Waals surface area contributed by atoms with Crippen LogP contribution in [0.1, 0.15) is 13.8 Å². The van der Waals surface area contributed by atoms with Crippen molar-refractivity contribution in [2.24, 2.45) is 5.73 Å². The van der Waals surface area contributed by atoms with Gasteiger partial charge in [-0.1, -0.05) is 6.92 Å². The summed E-state index contributed by atoms with van der Waals surface area (Å²) in [5.74, 6) is -0.968. The third kappa shape index (κ3) is 26.7. The Morgan fingerprint density at radius 1 is 1.73 bits per heavy atom. The van der Waals surface area contributed by atoms with E-state index in [1.807, 2.05) is 6.92 Å². The van der Waals surface area contributed by atoms with E-state index in [2.05, 4.69) is 11.1 Å². The standard InChI is InChI=1S/C4H11NO.C2H5NO2/c1-3-5-4(2)6;3-1-2(4)5/h4-6H,3H2,1-2H3;1,3H2,(H,4,5). The second-order valence-electron chi connectivity index (χ2n) is 1.83. The van der Waals surface area contributed by atoms with Crippen molar-refractivity contribution in [3.05, 3.63) is 0 Å². The molecule has 5 N–H and O–H groups in total. The average molecular weight is 164 g/mol. The Morgan fingerprint density at radius 2 is 2.09 bits per heavy atom. The van der Waals surface area contributed by atoms with Crippen LogP contribution in [0.15, 0.2) is 0 Å². The molecule has 0 aliphatic rings. The van der Waals surface area contributed by atoms with Gasteiger partial charge in [0.1, 0.15) is 6.23 Å². The predicted molar refractivity (Wildman–Crippen MR) is 42.0 cm³/mol. The fourth-order valence-corrected chi connectivity index (χ4v) is 0.295. The molecule has 11 heavy (non-hydrogen) atoms. The van der Waals surface area contributed by atoms with E-state index in [-0.39, 0.29) is 12.8 Å². The van der Waals surface area contributed by atoms with Crippen LogP contribution in [0, 0.1) is 0 Å². The number of hydrogen-bond donors (Lipinski definition) is 4. The summed E-state index contributed by atoms with van der Waals surface area (Å²) in [5, 5.41) is 18.8. The molecule has 0 aliphatic carbocycles. The van der Waals surface area contributed by atoms with Crippen molar-refractivity contribution in [2.75, 3.05) is 13.1 Å². The van der Waals surface area contributed by atoms with Crippen molar-refractivity contribution < 1.29 is 15.0 Å². The van der Waals surface area contributed by atoms with E-state index in [0.717, 1.165) is 6.54 Å². The third-order valence-corrected chi connectivity index (χ3v) is 0.674. The van der Waals surface area contributed by atoms with Gasteiger partial charge in [-0.2, -0.15) is 0 Å². The highest BCUT2D eigenvalue weighted by molar-refractivity contribution is 5.68. The van der Waals surface area contributed by atoms with E-state index >= 15 is 0 Å². The van der Waals surface area contributed by atoms with Gasteiger partial charge in [-0.05, 0) is 13.5 Å². The van der Waals surface area contributed by atoms with Crippen LogP contribution in [0.2, 0.25) is 0 Å². The molecule has 0 aliphatic heterocycles. The quantitative estimate of drug-likeness (QED) is 0.400. The molecule has 0 rings (SSSR count). The first kappa shape index (κ1) is 13.0. The molecule has 0 heterocycles. The van der Waals surface area contributed by atoms with Crippen LogP contribution in [0.3, 0.4) is 0 Å². The predicted octanol–water partition coefficient (Wildman–Crippen LogP) is -1.04. The Bertz CT molecular complexity index is 95.8. The zero-order valence-electron chi connectivity index (χ0n) is 6.87. The highest BCUT2D eigenvalue weighted by Gasteiger charge is 1.83. The second-order valence-corrected chi connectivity index (χ2v) is 1.83. The average Bonchev–Trinajstić information content (AvgIpc) is 1.89. The minimum absolute atomic E-state index is 0.278. The molecule has 0 aromatic rings. The number of aliphatic hydroxyl groups is 1. The van der Waals surface area contributed by atoms with Gasteiger partial charge in [0.25, 0.3) is 0 Å². The zero-order chi connectivity index (χ0) is 9.28. The highest BCUT2D eigenvalue weighted by Crippen LogP contribution is 1.65. The molecule has 0 amide bonds. The van der Waals surface area contributed by atoms with Gasteiger partial charge >= 0.3 is 5.97 Å². The normalized spacial score (nSPS) is 11.3. The number of carboxylic acid groups (broad SMARTS) is 1.